The zero-order chi connectivity index (χ0) is 25.4. The van der Waals surface area contributed by atoms with E-state index in [9.17, 15) is 9.59 Å². The first kappa shape index (κ1) is 23.3. The molecule has 0 N–H and O–H groups in total. The topological polar surface area (TPSA) is 132 Å². The number of methoxy groups -OCH3 is 2. The zero-order valence-corrected chi connectivity index (χ0v) is 20.1. The number of ether oxygens (including phenoxy) is 3. The number of aromatic nitrogens is 2. The van der Waals surface area contributed by atoms with Gasteiger partial charge in [0.1, 0.15) is 23.8 Å². The number of hydrogen-bond acceptors (Lipinski definition) is 11. The normalized spacial score (nSPS) is 18.8. The second-order valence-corrected chi connectivity index (χ2v) is 8.48. The van der Waals surface area contributed by atoms with Crippen molar-refractivity contribution < 1.29 is 28.3 Å². The molecule has 0 spiro atoms. The van der Waals surface area contributed by atoms with E-state index in [1.54, 1.807) is 18.2 Å². The highest BCUT2D eigenvalue weighted by Gasteiger charge is 2.55. The van der Waals surface area contributed by atoms with Gasteiger partial charge in [0, 0.05) is 23.8 Å². The molecular formula is C24H24N6O6. The van der Waals surface area contributed by atoms with Gasteiger partial charge in [-0.3, -0.25) is 14.6 Å². The van der Waals surface area contributed by atoms with Crippen LogP contribution in [0.2, 0.25) is 0 Å². The van der Waals surface area contributed by atoms with E-state index in [-0.39, 0.29) is 18.5 Å². The van der Waals surface area contributed by atoms with Crippen molar-refractivity contribution in [1.29, 1.82) is 0 Å². The van der Waals surface area contributed by atoms with Crippen LogP contribution in [0.25, 0.3) is 11.4 Å². The molecule has 12 nitrogen and oxygen atoms in total. The summed E-state index contributed by atoms with van der Waals surface area (Å²) in [6.07, 6.45) is 0.0677. The number of benzene rings is 2. The summed E-state index contributed by atoms with van der Waals surface area (Å²) in [6.45, 7) is 3.92. The highest BCUT2D eigenvalue weighted by atomic mass is 16.5. The Labute approximate surface area is 206 Å². The number of amides is 2. The second-order valence-electron chi connectivity index (χ2n) is 8.48. The summed E-state index contributed by atoms with van der Waals surface area (Å²) in [5, 5.41) is 13.5. The molecule has 0 saturated carbocycles. The van der Waals surface area contributed by atoms with E-state index in [0.717, 1.165) is 16.2 Å². The van der Waals surface area contributed by atoms with Gasteiger partial charge in [-0.15, -0.1) is 0 Å². The monoisotopic (exact) mass is 492 g/mol. The van der Waals surface area contributed by atoms with Gasteiger partial charge in [0.05, 0.1) is 26.0 Å². The van der Waals surface area contributed by atoms with Crippen LogP contribution in [-0.2, 0) is 16.1 Å². The van der Waals surface area contributed by atoms with Crippen LogP contribution in [0, 0.1) is 0 Å². The average molecular weight is 492 g/mol. The largest absolute Gasteiger partial charge is 0.497 e. The summed E-state index contributed by atoms with van der Waals surface area (Å²) in [5.74, 6) is 1.29. The molecule has 2 aliphatic rings. The maximum absolute atomic E-state index is 13.3. The third kappa shape index (κ3) is 4.21. The maximum Gasteiger partial charge on any atom is 0.263 e. The number of anilines is 1. The minimum Gasteiger partial charge on any atom is -0.497 e. The fraction of sp³-hybridized carbons (Fsp3) is 0.333. The number of fused-ring (bicyclic) bond motifs is 1. The first-order chi connectivity index (χ1) is 17.4. The van der Waals surface area contributed by atoms with Crippen LogP contribution in [-0.4, -0.2) is 59.4 Å². The number of imide groups is 1. The lowest BCUT2D eigenvalue weighted by Gasteiger charge is -2.20. The van der Waals surface area contributed by atoms with Gasteiger partial charge in [0.25, 0.3) is 11.8 Å². The van der Waals surface area contributed by atoms with Crippen LogP contribution >= 0.6 is 0 Å². The van der Waals surface area contributed by atoms with Gasteiger partial charge in [-0.25, -0.2) is 4.90 Å². The Morgan fingerprint density at radius 1 is 0.972 bits per heavy atom. The highest BCUT2D eigenvalue weighted by molar-refractivity contribution is 6.25. The van der Waals surface area contributed by atoms with Gasteiger partial charge in [0.15, 0.2) is 12.1 Å². The van der Waals surface area contributed by atoms with Crippen molar-refractivity contribution in [2.24, 2.45) is 10.3 Å². The first-order valence-electron chi connectivity index (χ1n) is 11.3. The summed E-state index contributed by atoms with van der Waals surface area (Å²) in [4.78, 5) is 31.9. The number of carbonyl (C=O) groups is 2. The molecule has 0 radical (unpaired) electrons. The van der Waals surface area contributed by atoms with Crippen LogP contribution in [0.3, 0.4) is 0 Å². The predicted molar refractivity (Wildman–Crippen MR) is 126 cm³/mol. The van der Waals surface area contributed by atoms with Crippen molar-refractivity contribution >= 4 is 17.5 Å². The Hall–Kier alpha value is -4.48. The van der Waals surface area contributed by atoms with Crippen molar-refractivity contribution in [2.75, 3.05) is 19.1 Å². The molecule has 186 valence electrons. The van der Waals surface area contributed by atoms with Gasteiger partial charge in [-0.2, -0.15) is 10.1 Å². The lowest BCUT2D eigenvalue weighted by Crippen LogP contribution is -2.39. The van der Waals surface area contributed by atoms with Crippen molar-refractivity contribution in [3.63, 3.8) is 0 Å². The summed E-state index contributed by atoms with van der Waals surface area (Å²) < 4.78 is 21.6. The summed E-state index contributed by atoms with van der Waals surface area (Å²) in [5.41, 5.74) is 1.07. The molecule has 0 aliphatic carbocycles. The maximum atomic E-state index is 13.3. The summed E-state index contributed by atoms with van der Waals surface area (Å²) >= 11 is 0. The molecule has 3 aromatic rings. The van der Waals surface area contributed by atoms with E-state index in [0.29, 0.717) is 23.0 Å². The Morgan fingerprint density at radius 2 is 1.67 bits per heavy atom. The smallest absolute Gasteiger partial charge is 0.263 e. The fourth-order valence-electron chi connectivity index (χ4n) is 4.06. The number of carbonyl (C=O) groups excluding carboxylic acids is 2. The van der Waals surface area contributed by atoms with E-state index in [4.69, 9.17) is 18.7 Å². The van der Waals surface area contributed by atoms with Crippen molar-refractivity contribution in [2.45, 2.75) is 38.6 Å². The van der Waals surface area contributed by atoms with Gasteiger partial charge >= 0.3 is 0 Å². The van der Waals surface area contributed by atoms with Crippen LogP contribution in [0.4, 0.5) is 5.69 Å². The minimum absolute atomic E-state index is 0.0144. The zero-order valence-electron chi connectivity index (χ0n) is 20.1. The molecule has 0 bridgehead atoms. The van der Waals surface area contributed by atoms with Crippen LogP contribution < -0.4 is 19.1 Å². The highest BCUT2D eigenvalue weighted by Crippen LogP contribution is 2.36. The van der Waals surface area contributed by atoms with Gasteiger partial charge < -0.3 is 18.7 Å². The van der Waals surface area contributed by atoms with E-state index >= 15 is 0 Å². The van der Waals surface area contributed by atoms with Crippen molar-refractivity contribution in [3.8, 4) is 28.6 Å². The Bertz CT molecular complexity index is 1300. The molecule has 2 aromatic carbocycles. The lowest BCUT2D eigenvalue weighted by molar-refractivity contribution is -0.123. The Kier molecular flexibility index (Phi) is 6.00. The molecule has 1 saturated heterocycles. The molecule has 5 rings (SSSR count). The Morgan fingerprint density at radius 3 is 2.31 bits per heavy atom. The molecule has 2 atom stereocenters. The molecule has 2 amide bonds. The minimum atomic E-state index is -0.967. The molecular weight excluding hydrogens is 468 g/mol. The third-order valence-electron chi connectivity index (χ3n) is 5.70. The molecule has 0 unspecified atom stereocenters. The van der Waals surface area contributed by atoms with Gasteiger partial charge in [0.2, 0.25) is 11.7 Å². The van der Waals surface area contributed by atoms with E-state index in [1.807, 2.05) is 38.1 Å². The molecule has 2 aliphatic heterocycles. The molecule has 3 heterocycles. The number of hydrogen-bond donors (Lipinski definition) is 0. The Balaban J connectivity index is 1.33. The fourth-order valence-corrected chi connectivity index (χ4v) is 4.06. The second kappa shape index (κ2) is 9.29. The molecule has 12 heteroatoms. The lowest BCUT2D eigenvalue weighted by atomic mass is 10.1. The number of rotatable bonds is 8. The van der Waals surface area contributed by atoms with Crippen molar-refractivity contribution in [1.82, 2.24) is 15.1 Å². The SMILES string of the molecule is COc1cc(OC)cc(N2C(=O)[C@@H]3N=NN(Cc4nc(-c5ccc(OC(C)C)cc5)no4)[C@H]3C2=O)c1. The summed E-state index contributed by atoms with van der Waals surface area (Å²) in [7, 11) is 2.98. The predicted octanol–water partition coefficient (Wildman–Crippen LogP) is 3.03. The van der Waals surface area contributed by atoms with E-state index in [1.165, 1.54) is 19.2 Å². The van der Waals surface area contributed by atoms with Crippen LogP contribution in [0.5, 0.6) is 17.2 Å². The van der Waals surface area contributed by atoms with E-state index < -0.39 is 23.9 Å². The number of nitrogens with zero attached hydrogens (tertiary/aromatic N) is 6. The quantitative estimate of drug-likeness (QED) is 0.435. The first-order valence-corrected chi connectivity index (χ1v) is 11.3. The van der Waals surface area contributed by atoms with Gasteiger partial charge in [-0.05, 0) is 38.1 Å². The third-order valence-corrected chi connectivity index (χ3v) is 5.70. The standard InChI is InChI=1S/C24H24N6O6/c1-13(2)35-16-7-5-14(6-8-16)22-25-19(36-27-22)12-29-21-20(26-28-29)23(31)30(24(21)32)15-9-17(33-3)11-18(10-15)34-4/h5-11,13,20-21H,12H2,1-4H3/t20-,21-/m1/s1. The van der Waals surface area contributed by atoms with Gasteiger partial charge in [-0.1, -0.05) is 10.4 Å². The van der Waals surface area contributed by atoms with E-state index in [2.05, 4.69) is 20.5 Å². The molecule has 1 fully saturated rings. The summed E-state index contributed by atoms with van der Waals surface area (Å²) in [6, 6.07) is 10.3. The van der Waals surface area contributed by atoms with Crippen LogP contribution in [0.1, 0.15) is 19.7 Å². The molecule has 1 aromatic heterocycles. The molecule has 36 heavy (non-hydrogen) atoms. The van der Waals surface area contributed by atoms with Crippen LogP contribution in [0.15, 0.2) is 57.3 Å². The van der Waals surface area contributed by atoms with Crippen molar-refractivity contribution in [3.05, 3.63) is 48.4 Å². The average Bonchev–Trinajstić information content (AvgIpc) is 3.57.